The molecule has 0 spiro atoms. The Morgan fingerprint density at radius 2 is 2.25 bits per heavy atom. The highest BCUT2D eigenvalue weighted by molar-refractivity contribution is 9.10. The molecule has 0 aliphatic heterocycles. The van der Waals surface area contributed by atoms with Crippen molar-refractivity contribution in [2.24, 2.45) is 5.73 Å². The van der Waals surface area contributed by atoms with Gasteiger partial charge in [0, 0.05) is 11.0 Å². The minimum absolute atomic E-state index is 0.329. The first kappa shape index (κ1) is 9.53. The highest BCUT2D eigenvalue weighted by Crippen LogP contribution is 2.27. The van der Waals surface area contributed by atoms with Gasteiger partial charge in [-0.1, -0.05) is 17.7 Å². The summed E-state index contributed by atoms with van der Waals surface area (Å²) in [6.07, 6.45) is 0. The van der Waals surface area contributed by atoms with Gasteiger partial charge in [0.25, 0.3) is 0 Å². The standard InChI is InChI=1S/C8H6BrClN2/c9-7-2-1-5(3-11)6(4-12)8(7)10/h1-2H,3,11H2. The molecule has 0 bridgehead atoms. The fraction of sp³-hybridized carbons (Fsp3) is 0.125. The minimum Gasteiger partial charge on any atom is -0.326 e. The lowest BCUT2D eigenvalue weighted by Crippen LogP contribution is -1.99. The van der Waals surface area contributed by atoms with Crippen LogP contribution >= 0.6 is 27.5 Å². The number of nitrogens with zero attached hydrogens (tertiary/aromatic N) is 1. The molecule has 0 radical (unpaired) electrons. The highest BCUT2D eigenvalue weighted by Gasteiger charge is 2.07. The molecule has 0 saturated heterocycles. The third-order valence-electron chi connectivity index (χ3n) is 1.51. The summed E-state index contributed by atoms with van der Waals surface area (Å²) >= 11 is 9.08. The Morgan fingerprint density at radius 1 is 1.58 bits per heavy atom. The van der Waals surface area contributed by atoms with Crippen LogP contribution in [0.4, 0.5) is 0 Å². The van der Waals surface area contributed by atoms with Gasteiger partial charge in [0.05, 0.1) is 10.6 Å². The van der Waals surface area contributed by atoms with Crippen molar-refractivity contribution < 1.29 is 0 Å². The van der Waals surface area contributed by atoms with Crippen molar-refractivity contribution in [1.29, 1.82) is 5.26 Å². The Labute approximate surface area is 84.1 Å². The second kappa shape index (κ2) is 3.90. The van der Waals surface area contributed by atoms with Gasteiger partial charge in [-0.25, -0.2) is 0 Å². The second-order valence-corrected chi connectivity index (χ2v) is 3.44. The molecule has 0 amide bonds. The summed E-state index contributed by atoms with van der Waals surface area (Å²) in [4.78, 5) is 0. The van der Waals surface area contributed by atoms with E-state index in [2.05, 4.69) is 15.9 Å². The molecule has 4 heteroatoms. The zero-order valence-electron chi connectivity index (χ0n) is 6.14. The van der Waals surface area contributed by atoms with Gasteiger partial charge in [-0.05, 0) is 27.6 Å². The normalized spacial score (nSPS) is 9.50. The summed E-state index contributed by atoms with van der Waals surface area (Å²) < 4.78 is 0.720. The lowest BCUT2D eigenvalue weighted by atomic mass is 10.1. The summed E-state index contributed by atoms with van der Waals surface area (Å²) in [5.41, 5.74) is 6.64. The smallest absolute Gasteiger partial charge is 0.101 e. The van der Waals surface area contributed by atoms with Crippen LogP contribution < -0.4 is 5.73 Å². The SMILES string of the molecule is N#Cc1c(CN)ccc(Br)c1Cl. The average Bonchev–Trinajstić information content (AvgIpc) is 2.09. The van der Waals surface area contributed by atoms with Gasteiger partial charge in [0.1, 0.15) is 6.07 Å². The molecule has 1 rings (SSSR count). The molecule has 0 heterocycles. The molecule has 0 aliphatic rings. The Kier molecular flexibility index (Phi) is 3.10. The third kappa shape index (κ3) is 1.61. The zero-order chi connectivity index (χ0) is 9.14. The van der Waals surface area contributed by atoms with Gasteiger partial charge in [0.15, 0.2) is 0 Å². The Morgan fingerprint density at radius 3 is 2.75 bits per heavy atom. The van der Waals surface area contributed by atoms with Crippen molar-refractivity contribution >= 4 is 27.5 Å². The molecule has 12 heavy (non-hydrogen) atoms. The van der Waals surface area contributed by atoms with Gasteiger partial charge < -0.3 is 5.73 Å². The van der Waals surface area contributed by atoms with E-state index in [4.69, 9.17) is 22.6 Å². The number of nitriles is 1. The van der Waals surface area contributed by atoms with Crippen molar-refractivity contribution in [3.8, 4) is 6.07 Å². The predicted octanol–water partition coefficient (Wildman–Crippen LogP) is 2.43. The van der Waals surface area contributed by atoms with E-state index in [9.17, 15) is 0 Å². The monoisotopic (exact) mass is 244 g/mol. The van der Waals surface area contributed by atoms with E-state index >= 15 is 0 Å². The van der Waals surface area contributed by atoms with Gasteiger partial charge in [-0.3, -0.25) is 0 Å². The fourth-order valence-corrected chi connectivity index (χ4v) is 1.44. The first-order chi connectivity index (χ1) is 5.70. The van der Waals surface area contributed by atoms with Crippen LogP contribution in [0.5, 0.6) is 0 Å². The number of halogens is 2. The molecule has 0 unspecified atom stereocenters. The van der Waals surface area contributed by atoms with E-state index in [1.165, 1.54) is 0 Å². The largest absolute Gasteiger partial charge is 0.326 e. The van der Waals surface area contributed by atoms with Crippen molar-refractivity contribution in [2.45, 2.75) is 6.54 Å². The molecule has 62 valence electrons. The Bertz CT molecular complexity index is 344. The predicted molar refractivity (Wildman–Crippen MR) is 51.8 cm³/mol. The number of hydrogen-bond acceptors (Lipinski definition) is 2. The third-order valence-corrected chi connectivity index (χ3v) is 2.79. The topological polar surface area (TPSA) is 49.8 Å². The Hall–Kier alpha value is -0.560. The van der Waals surface area contributed by atoms with Crippen LogP contribution in [0, 0.1) is 11.3 Å². The van der Waals surface area contributed by atoms with Crippen LogP contribution in [0.1, 0.15) is 11.1 Å². The van der Waals surface area contributed by atoms with Gasteiger partial charge in [-0.15, -0.1) is 0 Å². The van der Waals surface area contributed by atoms with Crippen LogP contribution in [0.2, 0.25) is 5.02 Å². The van der Waals surface area contributed by atoms with Crippen molar-refractivity contribution in [1.82, 2.24) is 0 Å². The van der Waals surface area contributed by atoms with E-state index in [1.807, 2.05) is 6.07 Å². The number of nitrogens with two attached hydrogens (primary N) is 1. The average molecular weight is 246 g/mol. The molecule has 0 atom stereocenters. The maximum Gasteiger partial charge on any atom is 0.101 e. The van der Waals surface area contributed by atoms with E-state index in [0.29, 0.717) is 17.1 Å². The lowest BCUT2D eigenvalue weighted by Gasteiger charge is -2.03. The summed E-state index contributed by atoms with van der Waals surface area (Å²) in [6, 6.07) is 5.58. The van der Waals surface area contributed by atoms with Crippen LogP contribution in [-0.2, 0) is 6.54 Å². The molecule has 2 N–H and O–H groups in total. The van der Waals surface area contributed by atoms with Crippen molar-refractivity contribution in [3.05, 3.63) is 32.8 Å². The number of benzene rings is 1. The lowest BCUT2D eigenvalue weighted by molar-refractivity contribution is 1.06. The van der Waals surface area contributed by atoms with Crippen molar-refractivity contribution in [2.75, 3.05) is 0 Å². The van der Waals surface area contributed by atoms with Crippen molar-refractivity contribution in [3.63, 3.8) is 0 Å². The number of hydrogen-bond donors (Lipinski definition) is 1. The quantitative estimate of drug-likeness (QED) is 0.826. The second-order valence-electron chi connectivity index (χ2n) is 2.21. The first-order valence-corrected chi connectivity index (χ1v) is 4.45. The van der Waals surface area contributed by atoms with Gasteiger partial charge in [-0.2, -0.15) is 5.26 Å². The molecular weight excluding hydrogens is 239 g/mol. The van der Waals surface area contributed by atoms with Crippen LogP contribution in [0.25, 0.3) is 0 Å². The number of rotatable bonds is 1. The van der Waals surface area contributed by atoms with Gasteiger partial charge in [0.2, 0.25) is 0 Å². The molecular formula is C8H6BrClN2. The molecule has 2 nitrogen and oxygen atoms in total. The molecule has 0 aromatic heterocycles. The summed E-state index contributed by atoms with van der Waals surface area (Å²) in [5.74, 6) is 0. The molecule has 0 fully saturated rings. The van der Waals surface area contributed by atoms with Crippen LogP contribution in [0.15, 0.2) is 16.6 Å². The molecule has 0 saturated carbocycles. The van der Waals surface area contributed by atoms with Crippen LogP contribution in [0.3, 0.4) is 0 Å². The van der Waals surface area contributed by atoms with Gasteiger partial charge >= 0.3 is 0 Å². The fourth-order valence-electron chi connectivity index (χ4n) is 0.882. The summed E-state index contributed by atoms with van der Waals surface area (Å²) in [5, 5.41) is 9.17. The molecule has 1 aromatic carbocycles. The maximum atomic E-state index is 8.74. The van der Waals surface area contributed by atoms with E-state index in [0.717, 1.165) is 10.0 Å². The van der Waals surface area contributed by atoms with Crippen LogP contribution in [-0.4, -0.2) is 0 Å². The van der Waals surface area contributed by atoms with E-state index in [-0.39, 0.29) is 0 Å². The Balaban J connectivity index is 3.38. The highest BCUT2D eigenvalue weighted by atomic mass is 79.9. The zero-order valence-corrected chi connectivity index (χ0v) is 8.48. The minimum atomic E-state index is 0.329. The summed E-state index contributed by atoms with van der Waals surface area (Å²) in [7, 11) is 0. The summed E-state index contributed by atoms with van der Waals surface area (Å²) in [6.45, 7) is 0.329. The maximum absolute atomic E-state index is 8.74. The molecule has 0 aliphatic carbocycles. The van der Waals surface area contributed by atoms with E-state index < -0.39 is 0 Å². The first-order valence-electron chi connectivity index (χ1n) is 3.27. The van der Waals surface area contributed by atoms with E-state index in [1.54, 1.807) is 12.1 Å². The molecule has 1 aromatic rings.